The summed E-state index contributed by atoms with van der Waals surface area (Å²) in [4.78, 5) is 10.7. The van der Waals surface area contributed by atoms with Gasteiger partial charge in [-0.25, -0.2) is 8.42 Å². The lowest BCUT2D eigenvalue weighted by Crippen LogP contribution is -2.49. The number of nitrogens with one attached hydrogen (secondary N) is 2. The summed E-state index contributed by atoms with van der Waals surface area (Å²) in [6, 6.07) is 1.24. The van der Waals surface area contributed by atoms with E-state index in [0.717, 1.165) is 0 Å². The molecule has 0 aliphatic carbocycles. The zero-order valence-corrected chi connectivity index (χ0v) is 9.00. The third kappa shape index (κ3) is 2.54. The molecule has 8 heteroatoms. The van der Waals surface area contributed by atoms with Gasteiger partial charge in [0.15, 0.2) is 5.03 Å². The SMILES string of the molecule is CC(C)(NS(=O)(=O)c1ccn[nH]1)C(=O)O. The van der Waals surface area contributed by atoms with Crippen LogP contribution in [0.4, 0.5) is 0 Å². The van der Waals surface area contributed by atoms with Gasteiger partial charge >= 0.3 is 5.97 Å². The second kappa shape index (κ2) is 3.63. The van der Waals surface area contributed by atoms with Crippen LogP contribution in [0.5, 0.6) is 0 Å². The highest BCUT2D eigenvalue weighted by Crippen LogP contribution is 2.10. The van der Waals surface area contributed by atoms with Crippen molar-refractivity contribution in [3.05, 3.63) is 12.3 Å². The molecule has 0 spiro atoms. The van der Waals surface area contributed by atoms with E-state index in [-0.39, 0.29) is 5.03 Å². The van der Waals surface area contributed by atoms with Crippen LogP contribution in [0, 0.1) is 0 Å². The van der Waals surface area contributed by atoms with E-state index in [1.807, 2.05) is 4.72 Å². The van der Waals surface area contributed by atoms with Gasteiger partial charge in [-0.1, -0.05) is 0 Å². The van der Waals surface area contributed by atoms with Crippen LogP contribution in [0.2, 0.25) is 0 Å². The number of nitrogens with zero attached hydrogens (tertiary/aromatic N) is 1. The molecule has 1 aromatic heterocycles. The van der Waals surface area contributed by atoms with E-state index in [1.54, 1.807) is 0 Å². The summed E-state index contributed by atoms with van der Waals surface area (Å²) < 4.78 is 25.2. The quantitative estimate of drug-likeness (QED) is 0.652. The number of rotatable bonds is 4. The summed E-state index contributed by atoms with van der Waals surface area (Å²) in [5.41, 5.74) is -1.57. The minimum atomic E-state index is -3.87. The Bertz CT molecular complexity index is 449. The zero-order valence-electron chi connectivity index (χ0n) is 8.18. The molecule has 1 heterocycles. The van der Waals surface area contributed by atoms with Crippen molar-refractivity contribution < 1.29 is 18.3 Å². The van der Waals surface area contributed by atoms with Crippen molar-refractivity contribution in [3.63, 3.8) is 0 Å². The van der Waals surface area contributed by atoms with Crippen molar-refractivity contribution in [1.29, 1.82) is 0 Å². The number of aromatic nitrogens is 2. The molecule has 0 aliphatic heterocycles. The second-order valence-electron chi connectivity index (χ2n) is 3.46. The van der Waals surface area contributed by atoms with Crippen molar-refractivity contribution in [2.24, 2.45) is 0 Å². The summed E-state index contributed by atoms with van der Waals surface area (Å²) in [6.07, 6.45) is 1.27. The minimum absolute atomic E-state index is 0.170. The van der Waals surface area contributed by atoms with Crippen LogP contribution in [0.25, 0.3) is 0 Å². The molecule has 3 N–H and O–H groups in total. The Labute approximate surface area is 86.6 Å². The highest BCUT2D eigenvalue weighted by molar-refractivity contribution is 7.89. The molecular weight excluding hydrogens is 222 g/mol. The van der Waals surface area contributed by atoms with Crippen molar-refractivity contribution in [2.75, 3.05) is 0 Å². The highest BCUT2D eigenvalue weighted by Gasteiger charge is 2.33. The first-order valence-electron chi connectivity index (χ1n) is 4.02. The smallest absolute Gasteiger partial charge is 0.324 e. The highest BCUT2D eigenvalue weighted by atomic mass is 32.2. The molecule has 0 amide bonds. The number of hydrogen-bond donors (Lipinski definition) is 3. The normalized spacial score (nSPS) is 12.7. The van der Waals surface area contributed by atoms with Crippen LogP contribution in [0.15, 0.2) is 17.3 Å². The largest absolute Gasteiger partial charge is 0.480 e. The molecule has 0 radical (unpaired) electrons. The molecule has 0 fully saturated rings. The van der Waals surface area contributed by atoms with E-state index >= 15 is 0 Å². The first-order chi connectivity index (χ1) is 6.76. The van der Waals surface area contributed by atoms with E-state index in [2.05, 4.69) is 10.2 Å². The van der Waals surface area contributed by atoms with Crippen LogP contribution in [-0.4, -0.2) is 35.2 Å². The fraction of sp³-hybridized carbons (Fsp3) is 0.429. The number of carbonyl (C=O) groups is 1. The van der Waals surface area contributed by atoms with Gasteiger partial charge in [0.2, 0.25) is 0 Å². The van der Waals surface area contributed by atoms with Gasteiger partial charge < -0.3 is 5.11 Å². The first kappa shape index (κ1) is 11.7. The molecule has 0 saturated carbocycles. The maximum atomic E-state index is 11.6. The molecule has 0 atom stereocenters. The summed E-state index contributed by atoms with van der Waals surface area (Å²) >= 11 is 0. The van der Waals surface area contributed by atoms with Crippen molar-refractivity contribution >= 4 is 16.0 Å². The Morgan fingerprint density at radius 3 is 2.60 bits per heavy atom. The molecule has 0 aliphatic rings. The standard InChI is InChI=1S/C7H11N3O4S/c1-7(2,6(11)12)10-15(13,14)5-3-4-8-9-5/h3-4,10H,1-2H3,(H,8,9)(H,11,12). The molecular formula is C7H11N3O4S. The van der Waals surface area contributed by atoms with Crippen LogP contribution in [0.1, 0.15) is 13.8 Å². The Balaban J connectivity index is 2.97. The van der Waals surface area contributed by atoms with Gasteiger partial charge in [0, 0.05) is 0 Å². The number of hydrogen-bond acceptors (Lipinski definition) is 4. The van der Waals surface area contributed by atoms with Gasteiger partial charge in [-0.05, 0) is 19.9 Å². The molecule has 84 valence electrons. The molecule has 0 saturated heterocycles. The molecule has 1 aromatic rings. The number of carboxylic acid groups (broad SMARTS) is 1. The van der Waals surface area contributed by atoms with Crippen LogP contribution < -0.4 is 4.72 Å². The minimum Gasteiger partial charge on any atom is -0.480 e. The van der Waals surface area contributed by atoms with Crippen molar-refractivity contribution in [1.82, 2.24) is 14.9 Å². The monoisotopic (exact) mass is 233 g/mol. The maximum absolute atomic E-state index is 11.6. The number of aliphatic carboxylic acids is 1. The Morgan fingerprint density at radius 1 is 1.60 bits per heavy atom. The van der Waals surface area contributed by atoms with Gasteiger partial charge in [0.1, 0.15) is 5.54 Å². The fourth-order valence-electron chi connectivity index (χ4n) is 0.827. The Kier molecular flexibility index (Phi) is 2.82. The van der Waals surface area contributed by atoms with Crippen molar-refractivity contribution in [3.8, 4) is 0 Å². The average Bonchev–Trinajstić information content (AvgIpc) is 2.53. The topological polar surface area (TPSA) is 112 Å². The van der Waals surface area contributed by atoms with E-state index in [4.69, 9.17) is 5.11 Å². The lowest BCUT2D eigenvalue weighted by atomic mass is 10.1. The van der Waals surface area contributed by atoms with Gasteiger partial charge in [-0.15, -0.1) is 0 Å². The Morgan fingerprint density at radius 2 is 2.20 bits per heavy atom. The summed E-state index contributed by atoms with van der Waals surface area (Å²) in [6.45, 7) is 2.51. The third-order valence-corrected chi connectivity index (χ3v) is 3.27. The van der Waals surface area contributed by atoms with Gasteiger partial charge in [-0.2, -0.15) is 9.82 Å². The van der Waals surface area contributed by atoms with E-state index in [0.29, 0.717) is 0 Å². The Hall–Kier alpha value is -1.41. The molecule has 0 bridgehead atoms. The second-order valence-corrected chi connectivity index (χ2v) is 5.11. The fourth-order valence-corrected chi connectivity index (χ4v) is 2.11. The number of carboxylic acids is 1. The molecule has 15 heavy (non-hydrogen) atoms. The molecule has 7 nitrogen and oxygen atoms in total. The first-order valence-corrected chi connectivity index (χ1v) is 5.51. The molecule has 0 unspecified atom stereocenters. The lowest BCUT2D eigenvalue weighted by molar-refractivity contribution is -0.142. The van der Waals surface area contributed by atoms with Crippen LogP contribution in [0.3, 0.4) is 0 Å². The van der Waals surface area contributed by atoms with Gasteiger partial charge in [0.05, 0.1) is 6.20 Å². The zero-order chi connectivity index (χ0) is 11.7. The van der Waals surface area contributed by atoms with E-state index < -0.39 is 21.5 Å². The summed E-state index contributed by atoms with van der Waals surface area (Å²) in [7, 11) is -3.87. The number of H-pyrrole nitrogens is 1. The average molecular weight is 233 g/mol. The summed E-state index contributed by atoms with van der Waals surface area (Å²) in [5.74, 6) is -1.26. The van der Waals surface area contributed by atoms with Crippen LogP contribution in [-0.2, 0) is 14.8 Å². The molecule has 0 aromatic carbocycles. The predicted molar refractivity (Wildman–Crippen MR) is 50.6 cm³/mol. The number of sulfonamides is 1. The van der Waals surface area contributed by atoms with Gasteiger partial charge in [-0.3, -0.25) is 9.89 Å². The molecule has 1 rings (SSSR count). The van der Waals surface area contributed by atoms with E-state index in [9.17, 15) is 13.2 Å². The van der Waals surface area contributed by atoms with Crippen molar-refractivity contribution in [2.45, 2.75) is 24.4 Å². The van der Waals surface area contributed by atoms with Crippen LogP contribution >= 0.6 is 0 Å². The maximum Gasteiger partial charge on any atom is 0.324 e. The third-order valence-electron chi connectivity index (χ3n) is 1.69. The van der Waals surface area contributed by atoms with E-state index in [1.165, 1.54) is 26.1 Å². The lowest BCUT2D eigenvalue weighted by Gasteiger charge is -2.19. The number of aromatic amines is 1. The summed E-state index contributed by atoms with van der Waals surface area (Å²) in [5, 5.41) is 14.3. The predicted octanol–water partition coefficient (Wildman–Crippen LogP) is -0.449. The van der Waals surface area contributed by atoms with Gasteiger partial charge in [0.25, 0.3) is 10.0 Å².